The highest BCUT2D eigenvalue weighted by Crippen LogP contribution is 2.14. The summed E-state index contributed by atoms with van der Waals surface area (Å²) < 4.78 is 1.91. The summed E-state index contributed by atoms with van der Waals surface area (Å²) in [5, 5.41) is 0. The van der Waals surface area contributed by atoms with Gasteiger partial charge in [-0.15, -0.1) is 0 Å². The molecule has 78 valence electrons. The van der Waals surface area contributed by atoms with Gasteiger partial charge in [-0.3, -0.25) is 9.20 Å². The zero-order chi connectivity index (χ0) is 10.8. The molecule has 0 aromatic carbocycles. The minimum Gasteiger partial charge on any atom is -0.296 e. The molecule has 0 unspecified atom stereocenters. The minimum atomic E-state index is 0.699. The van der Waals surface area contributed by atoms with E-state index < -0.39 is 0 Å². The quantitative estimate of drug-likeness (QED) is 0.716. The van der Waals surface area contributed by atoms with Crippen LogP contribution in [0.2, 0.25) is 0 Å². The molecule has 0 atom stereocenters. The Morgan fingerprint density at radius 3 is 2.93 bits per heavy atom. The lowest BCUT2D eigenvalue weighted by atomic mass is 10.2. The van der Waals surface area contributed by atoms with Crippen LogP contribution in [0.15, 0.2) is 18.2 Å². The lowest BCUT2D eigenvalue weighted by molar-refractivity contribution is 0.111. The molecule has 0 aliphatic carbocycles. The van der Waals surface area contributed by atoms with E-state index in [9.17, 15) is 4.79 Å². The molecule has 0 spiro atoms. The van der Waals surface area contributed by atoms with Crippen molar-refractivity contribution >= 4 is 11.9 Å². The predicted molar refractivity (Wildman–Crippen MR) is 59.3 cm³/mol. The summed E-state index contributed by atoms with van der Waals surface area (Å²) in [6.07, 6.45) is 2.76. The SMILES string of the molecule is CCCc1nc2cccc(C)n2c1C=O. The number of imidazole rings is 1. The van der Waals surface area contributed by atoms with Crippen molar-refractivity contribution in [3.63, 3.8) is 0 Å². The van der Waals surface area contributed by atoms with E-state index in [-0.39, 0.29) is 0 Å². The fraction of sp³-hybridized carbons (Fsp3) is 0.333. The van der Waals surface area contributed by atoms with E-state index in [0.717, 1.165) is 36.2 Å². The van der Waals surface area contributed by atoms with Crippen LogP contribution in [0.4, 0.5) is 0 Å². The summed E-state index contributed by atoms with van der Waals surface area (Å²) in [4.78, 5) is 15.5. The molecule has 3 heteroatoms. The third-order valence-corrected chi connectivity index (χ3v) is 2.55. The maximum atomic E-state index is 11.1. The number of pyridine rings is 1. The summed E-state index contributed by atoms with van der Waals surface area (Å²) in [7, 11) is 0. The number of aryl methyl sites for hydroxylation is 2. The molecule has 0 bridgehead atoms. The summed E-state index contributed by atoms with van der Waals surface area (Å²) >= 11 is 0. The van der Waals surface area contributed by atoms with Gasteiger partial charge in [0.25, 0.3) is 0 Å². The van der Waals surface area contributed by atoms with E-state index in [1.807, 2.05) is 29.5 Å². The molecule has 2 heterocycles. The highest BCUT2D eigenvalue weighted by Gasteiger charge is 2.11. The molecular formula is C12H14N2O. The van der Waals surface area contributed by atoms with Crippen molar-refractivity contribution < 1.29 is 4.79 Å². The standard InChI is InChI=1S/C12H14N2O/c1-3-5-10-11(8-15)14-9(2)6-4-7-12(14)13-10/h4,6-8H,3,5H2,1-2H3. The van der Waals surface area contributed by atoms with E-state index in [4.69, 9.17) is 0 Å². The van der Waals surface area contributed by atoms with Gasteiger partial charge in [-0.05, 0) is 25.5 Å². The van der Waals surface area contributed by atoms with Crippen LogP contribution in [-0.4, -0.2) is 15.7 Å². The van der Waals surface area contributed by atoms with Gasteiger partial charge in [0.1, 0.15) is 11.3 Å². The van der Waals surface area contributed by atoms with Gasteiger partial charge < -0.3 is 0 Å². The molecule has 3 nitrogen and oxygen atoms in total. The summed E-state index contributed by atoms with van der Waals surface area (Å²) in [5.41, 5.74) is 3.51. The average Bonchev–Trinajstić information content (AvgIpc) is 2.57. The Morgan fingerprint density at radius 1 is 1.47 bits per heavy atom. The molecule has 0 aliphatic heterocycles. The van der Waals surface area contributed by atoms with E-state index in [2.05, 4.69) is 11.9 Å². The van der Waals surface area contributed by atoms with Crippen LogP contribution in [0.5, 0.6) is 0 Å². The van der Waals surface area contributed by atoms with E-state index in [1.54, 1.807) is 0 Å². The molecule has 2 aromatic rings. The molecular weight excluding hydrogens is 188 g/mol. The number of rotatable bonds is 3. The number of hydrogen-bond donors (Lipinski definition) is 0. The number of hydrogen-bond acceptors (Lipinski definition) is 2. The summed E-state index contributed by atoms with van der Waals surface area (Å²) in [6, 6.07) is 5.87. The highest BCUT2D eigenvalue weighted by atomic mass is 16.1. The number of fused-ring (bicyclic) bond motifs is 1. The molecule has 0 radical (unpaired) electrons. The number of carbonyl (C=O) groups excluding carboxylic acids is 1. The van der Waals surface area contributed by atoms with Crippen LogP contribution in [0.3, 0.4) is 0 Å². The first kappa shape index (κ1) is 9.90. The maximum Gasteiger partial charge on any atom is 0.168 e. The average molecular weight is 202 g/mol. The second kappa shape index (κ2) is 3.85. The normalized spacial score (nSPS) is 10.8. The minimum absolute atomic E-state index is 0.699. The van der Waals surface area contributed by atoms with Gasteiger partial charge in [-0.1, -0.05) is 19.4 Å². The fourth-order valence-corrected chi connectivity index (χ4v) is 1.87. The Labute approximate surface area is 88.8 Å². The molecule has 2 aromatic heterocycles. The van der Waals surface area contributed by atoms with Crippen LogP contribution in [0.25, 0.3) is 5.65 Å². The molecule has 0 saturated carbocycles. The van der Waals surface area contributed by atoms with Crippen molar-refractivity contribution in [2.75, 3.05) is 0 Å². The van der Waals surface area contributed by atoms with E-state index in [1.165, 1.54) is 0 Å². The second-order valence-electron chi connectivity index (χ2n) is 3.67. The zero-order valence-corrected chi connectivity index (χ0v) is 9.03. The lowest BCUT2D eigenvalue weighted by Crippen LogP contribution is -1.97. The van der Waals surface area contributed by atoms with Gasteiger partial charge in [-0.2, -0.15) is 0 Å². The lowest BCUT2D eigenvalue weighted by Gasteiger charge is -2.00. The monoisotopic (exact) mass is 202 g/mol. The number of aromatic nitrogens is 2. The van der Waals surface area contributed by atoms with Crippen LogP contribution in [0, 0.1) is 6.92 Å². The third-order valence-electron chi connectivity index (χ3n) is 2.55. The smallest absolute Gasteiger partial charge is 0.168 e. The highest BCUT2D eigenvalue weighted by molar-refractivity contribution is 5.76. The summed E-state index contributed by atoms with van der Waals surface area (Å²) in [5.74, 6) is 0. The van der Waals surface area contributed by atoms with Crippen LogP contribution >= 0.6 is 0 Å². The van der Waals surface area contributed by atoms with Gasteiger partial charge >= 0.3 is 0 Å². The fourth-order valence-electron chi connectivity index (χ4n) is 1.87. The Bertz CT molecular complexity index is 500. The number of aldehydes is 1. The first-order valence-corrected chi connectivity index (χ1v) is 5.20. The van der Waals surface area contributed by atoms with E-state index in [0.29, 0.717) is 5.69 Å². The molecule has 0 fully saturated rings. The topological polar surface area (TPSA) is 34.4 Å². The van der Waals surface area contributed by atoms with Crippen molar-refractivity contribution in [1.82, 2.24) is 9.38 Å². The molecule has 15 heavy (non-hydrogen) atoms. The first-order chi connectivity index (χ1) is 7.27. The van der Waals surface area contributed by atoms with Crippen molar-refractivity contribution in [3.8, 4) is 0 Å². The van der Waals surface area contributed by atoms with Crippen LogP contribution in [-0.2, 0) is 6.42 Å². The van der Waals surface area contributed by atoms with Gasteiger partial charge in [0.2, 0.25) is 0 Å². The Morgan fingerprint density at radius 2 is 2.27 bits per heavy atom. The van der Waals surface area contributed by atoms with Crippen LogP contribution < -0.4 is 0 Å². The van der Waals surface area contributed by atoms with Gasteiger partial charge in [-0.25, -0.2) is 4.98 Å². The van der Waals surface area contributed by atoms with Crippen molar-refractivity contribution in [2.45, 2.75) is 26.7 Å². The van der Waals surface area contributed by atoms with Crippen LogP contribution in [0.1, 0.15) is 35.2 Å². The Hall–Kier alpha value is -1.64. The first-order valence-electron chi connectivity index (χ1n) is 5.20. The van der Waals surface area contributed by atoms with Gasteiger partial charge in [0, 0.05) is 5.69 Å². The molecule has 0 N–H and O–H groups in total. The third kappa shape index (κ3) is 1.54. The van der Waals surface area contributed by atoms with Crippen molar-refractivity contribution in [2.24, 2.45) is 0 Å². The van der Waals surface area contributed by atoms with Crippen molar-refractivity contribution in [1.29, 1.82) is 0 Å². The molecule has 2 rings (SSSR count). The number of carbonyl (C=O) groups is 1. The zero-order valence-electron chi connectivity index (χ0n) is 9.03. The van der Waals surface area contributed by atoms with Crippen molar-refractivity contribution in [3.05, 3.63) is 35.3 Å². The molecule has 0 amide bonds. The molecule has 0 saturated heterocycles. The van der Waals surface area contributed by atoms with Gasteiger partial charge in [0.05, 0.1) is 5.69 Å². The largest absolute Gasteiger partial charge is 0.296 e. The van der Waals surface area contributed by atoms with E-state index >= 15 is 0 Å². The van der Waals surface area contributed by atoms with Gasteiger partial charge in [0.15, 0.2) is 6.29 Å². The number of nitrogens with zero attached hydrogens (tertiary/aromatic N) is 2. The Balaban J connectivity index is 2.74. The maximum absolute atomic E-state index is 11.1. The summed E-state index contributed by atoms with van der Waals surface area (Å²) in [6.45, 7) is 4.07. The molecule has 0 aliphatic rings. The second-order valence-corrected chi connectivity index (χ2v) is 3.67. The predicted octanol–water partition coefficient (Wildman–Crippen LogP) is 2.41. The Kier molecular flexibility index (Phi) is 2.54.